The van der Waals surface area contributed by atoms with Crippen molar-refractivity contribution in [2.75, 3.05) is 6.61 Å². The van der Waals surface area contributed by atoms with Crippen LogP contribution in [0.15, 0.2) is 0 Å². The first-order chi connectivity index (χ1) is 9.20. The van der Waals surface area contributed by atoms with Crippen LogP contribution >= 0.6 is 0 Å². The zero-order chi connectivity index (χ0) is 17.1. The Morgan fingerprint density at radius 2 is 1.43 bits per heavy atom. The molecule has 0 atom stereocenters. The van der Waals surface area contributed by atoms with E-state index in [-0.39, 0.29) is 0 Å². The second-order valence-electron chi connectivity index (χ2n) is 3.66. The van der Waals surface area contributed by atoms with Crippen molar-refractivity contribution < 1.29 is 49.0 Å². The van der Waals surface area contributed by atoms with Gasteiger partial charge in [-0.25, -0.2) is 0 Å². The largest absolute Gasteiger partial charge is 0.465 e. The number of carbonyl (C=O) groups excluding carboxylic acids is 1. The third-order valence-electron chi connectivity index (χ3n) is 2.11. The van der Waals surface area contributed by atoms with E-state index in [0.717, 1.165) is 0 Å². The molecule has 0 aliphatic rings. The Kier molecular flexibility index (Phi) is 5.51. The fourth-order valence-electron chi connectivity index (χ4n) is 0.973. The van der Waals surface area contributed by atoms with Crippen molar-refractivity contribution in [2.24, 2.45) is 0 Å². The minimum atomic E-state index is -6.97. The van der Waals surface area contributed by atoms with Crippen LogP contribution in [0.5, 0.6) is 0 Å². The van der Waals surface area contributed by atoms with E-state index in [1.54, 1.807) is 0 Å². The second-order valence-corrected chi connectivity index (χ2v) is 3.66. The first kappa shape index (κ1) is 19.3. The molecule has 0 saturated heterocycles. The third-order valence-corrected chi connectivity index (χ3v) is 2.11. The van der Waals surface area contributed by atoms with E-state index in [2.05, 4.69) is 4.74 Å². The summed E-state index contributed by atoms with van der Waals surface area (Å²) in [6.07, 6.45) is -10.1. The van der Waals surface area contributed by atoms with E-state index in [1.165, 1.54) is 6.07 Å². The van der Waals surface area contributed by atoms with Crippen LogP contribution in [0.2, 0.25) is 0 Å². The van der Waals surface area contributed by atoms with Gasteiger partial charge in [-0.15, -0.1) is 0 Å². The molecule has 0 N–H and O–H groups in total. The Morgan fingerprint density at radius 3 is 1.81 bits per heavy atom. The Labute approximate surface area is 111 Å². The molecule has 0 aromatic carbocycles. The molecule has 0 heterocycles. The summed E-state index contributed by atoms with van der Waals surface area (Å²) in [7, 11) is 0. The molecule has 0 aromatic rings. The number of rotatable bonds is 6. The summed E-state index contributed by atoms with van der Waals surface area (Å²) in [5, 5.41) is 7.98. The molecule has 0 unspecified atom stereocenters. The highest BCUT2D eigenvalue weighted by Gasteiger charge is 2.81. The molecule has 0 rings (SSSR count). The normalized spacial score (nSPS) is 13.7. The van der Waals surface area contributed by atoms with E-state index in [4.69, 9.17) is 5.26 Å². The third kappa shape index (κ3) is 3.92. The van der Waals surface area contributed by atoms with E-state index in [1.807, 2.05) is 0 Å². The average Bonchev–Trinajstić information content (AvgIpc) is 2.26. The summed E-state index contributed by atoms with van der Waals surface area (Å²) in [6, 6.07) is 1.21. The minimum Gasteiger partial charge on any atom is -0.465 e. The molecule has 0 aliphatic carbocycles. The Bertz CT molecular complexity index is 424. The number of ether oxygens (including phenoxy) is 1. The highest BCUT2D eigenvalue weighted by Crippen LogP contribution is 2.53. The number of esters is 1. The first-order valence-electron chi connectivity index (χ1n) is 4.93. The lowest BCUT2D eigenvalue weighted by Gasteiger charge is -2.33. The molecule has 0 bridgehead atoms. The van der Waals surface area contributed by atoms with Crippen LogP contribution < -0.4 is 0 Å². The number of hydrogen-bond donors (Lipinski definition) is 0. The van der Waals surface area contributed by atoms with Crippen molar-refractivity contribution in [3.05, 3.63) is 0 Å². The van der Waals surface area contributed by atoms with Gasteiger partial charge in [0.2, 0.25) is 0 Å². The van der Waals surface area contributed by atoms with Crippen molar-refractivity contribution >= 4 is 5.97 Å². The molecule has 12 heteroatoms. The van der Waals surface area contributed by atoms with Gasteiger partial charge in [0, 0.05) is 0 Å². The van der Waals surface area contributed by atoms with Crippen LogP contribution in [0.1, 0.15) is 12.8 Å². The summed E-state index contributed by atoms with van der Waals surface area (Å²) in [4.78, 5) is 10.5. The van der Waals surface area contributed by atoms with Gasteiger partial charge in [-0.2, -0.15) is 44.8 Å². The monoisotopic (exact) mass is 331 g/mol. The quantitative estimate of drug-likeness (QED) is 0.554. The predicted octanol–water partition coefficient (Wildman–Crippen LogP) is 3.30. The highest BCUT2D eigenvalue weighted by molar-refractivity contribution is 5.71. The molecule has 122 valence electrons. The average molecular weight is 331 g/mol. The van der Waals surface area contributed by atoms with Crippen LogP contribution in [0, 0.1) is 11.3 Å². The van der Waals surface area contributed by atoms with Crippen LogP contribution in [0.25, 0.3) is 0 Å². The van der Waals surface area contributed by atoms with Gasteiger partial charge in [-0.05, 0) is 0 Å². The second kappa shape index (κ2) is 5.98. The summed E-state index contributed by atoms with van der Waals surface area (Å²) >= 11 is 0. The van der Waals surface area contributed by atoms with Crippen molar-refractivity contribution in [2.45, 2.75) is 36.8 Å². The maximum absolute atomic E-state index is 12.9. The standard InChI is InChI=1S/C9H6F9NO2/c10-6(11,2-4-21-5(20)1-3-19)7(12,13)8(14,15)9(16,17)18/h1-2,4H2. The lowest BCUT2D eigenvalue weighted by molar-refractivity contribution is -0.397. The van der Waals surface area contributed by atoms with E-state index in [0.29, 0.717) is 0 Å². The molecule has 0 aromatic heterocycles. The van der Waals surface area contributed by atoms with Gasteiger partial charge in [0.05, 0.1) is 19.1 Å². The summed E-state index contributed by atoms with van der Waals surface area (Å²) in [5.74, 6) is -20.9. The molecule has 0 saturated carbocycles. The fourth-order valence-corrected chi connectivity index (χ4v) is 0.973. The molecule has 21 heavy (non-hydrogen) atoms. The van der Waals surface area contributed by atoms with Crippen LogP contribution in [-0.4, -0.2) is 36.5 Å². The number of nitriles is 1. The van der Waals surface area contributed by atoms with Crippen LogP contribution in [0.3, 0.4) is 0 Å². The van der Waals surface area contributed by atoms with E-state index in [9.17, 15) is 44.3 Å². The molecular weight excluding hydrogens is 325 g/mol. The van der Waals surface area contributed by atoms with Crippen molar-refractivity contribution in [1.29, 1.82) is 5.26 Å². The maximum atomic E-state index is 12.9. The number of carbonyl (C=O) groups is 1. The number of nitrogens with zero attached hydrogens (tertiary/aromatic N) is 1. The Balaban J connectivity index is 4.98. The van der Waals surface area contributed by atoms with Crippen LogP contribution in [-0.2, 0) is 9.53 Å². The predicted molar refractivity (Wildman–Crippen MR) is 46.7 cm³/mol. The Hall–Kier alpha value is -1.67. The molecule has 0 amide bonds. The van der Waals surface area contributed by atoms with Gasteiger partial charge >= 0.3 is 29.9 Å². The van der Waals surface area contributed by atoms with Crippen molar-refractivity contribution in [1.82, 2.24) is 0 Å². The van der Waals surface area contributed by atoms with Crippen molar-refractivity contribution in [3.63, 3.8) is 0 Å². The first-order valence-corrected chi connectivity index (χ1v) is 4.93. The minimum absolute atomic E-state index is 0.930. The van der Waals surface area contributed by atoms with Gasteiger partial charge < -0.3 is 4.74 Å². The molecule has 3 nitrogen and oxygen atoms in total. The van der Waals surface area contributed by atoms with Gasteiger partial charge in [0.1, 0.15) is 6.42 Å². The number of hydrogen-bond acceptors (Lipinski definition) is 3. The maximum Gasteiger partial charge on any atom is 0.460 e. The van der Waals surface area contributed by atoms with E-state index >= 15 is 0 Å². The lowest BCUT2D eigenvalue weighted by atomic mass is 10.0. The van der Waals surface area contributed by atoms with Gasteiger partial charge in [0.25, 0.3) is 0 Å². The summed E-state index contributed by atoms with van der Waals surface area (Å²) < 4.78 is 115. The number of alkyl halides is 9. The molecular formula is C9H6F9NO2. The highest BCUT2D eigenvalue weighted by atomic mass is 19.4. The van der Waals surface area contributed by atoms with Gasteiger partial charge in [-0.1, -0.05) is 0 Å². The molecule has 0 radical (unpaired) electrons. The summed E-state index contributed by atoms with van der Waals surface area (Å²) in [6.45, 7) is -1.56. The van der Waals surface area contributed by atoms with E-state index < -0.39 is 49.4 Å². The Morgan fingerprint density at radius 1 is 0.952 bits per heavy atom. The zero-order valence-corrected chi connectivity index (χ0v) is 9.79. The molecule has 0 aliphatic heterocycles. The SMILES string of the molecule is N#CCC(=O)OCCC(F)(F)C(F)(F)C(F)(F)C(F)(F)F. The van der Waals surface area contributed by atoms with Gasteiger partial charge in [-0.3, -0.25) is 4.79 Å². The van der Waals surface area contributed by atoms with Crippen LogP contribution in [0.4, 0.5) is 39.5 Å². The lowest BCUT2D eigenvalue weighted by Crippen LogP contribution is -2.61. The smallest absolute Gasteiger partial charge is 0.460 e. The fraction of sp³-hybridized carbons (Fsp3) is 0.778. The zero-order valence-electron chi connectivity index (χ0n) is 9.79. The number of halogens is 9. The van der Waals surface area contributed by atoms with Crippen molar-refractivity contribution in [3.8, 4) is 6.07 Å². The van der Waals surface area contributed by atoms with Gasteiger partial charge in [0.15, 0.2) is 0 Å². The molecule has 0 fully saturated rings. The summed E-state index contributed by atoms with van der Waals surface area (Å²) in [5.41, 5.74) is 0. The topological polar surface area (TPSA) is 50.1 Å². The molecule has 0 spiro atoms.